The second-order valence-corrected chi connectivity index (χ2v) is 5.80. The van der Waals surface area contributed by atoms with Crippen LogP contribution in [0.4, 0.5) is 0 Å². The molecule has 3 rings (SSSR count). The lowest BCUT2D eigenvalue weighted by molar-refractivity contribution is -0.140. The number of carbonyl (C=O) groups excluding carboxylic acids is 1. The van der Waals surface area contributed by atoms with E-state index in [1.165, 1.54) is 0 Å². The number of benzene rings is 2. The smallest absolute Gasteiger partial charge is 0.267 e. The minimum atomic E-state index is -0.630. The first kappa shape index (κ1) is 16.9. The van der Waals surface area contributed by atoms with Crippen LogP contribution in [0, 0.1) is 0 Å². The first-order valence-electron chi connectivity index (χ1n) is 8.13. The van der Waals surface area contributed by atoms with E-state index in [-0.39, 0.29) is 12.5 Å². The average Bonchev–Trinajstić information content (AvgIpc) is 2.66. The molecule has 1 aliphatic heterocycles. The zero-order valence-electron chi connectivity index (χ0n) is 14.2. The summed E-state index contributed by atoms with van der Waals surface area (Å²) in [5.74, 6) is 1.94. The van der Waals surface area contributed by atoms with E-state index < -0.39 is 6.10 Å². The highest BCUT2D eigenvalue weighted by Crippen LogP contribution is 2.31. The minimum absolute atomic E-state index is 0.110. The van der Waals surface area contributed by atoms with Crippen molar-refractivity contribution in [1.29, 1.82) is 0 Å². The fourth-order valence-corrected chi connectivity index (χ4v) is 2.59. The molecule has 5 heteroatoms. The van der Waals surface area contributed by atoms with Gasteiger partial charge in [0.1, 0.15) is 19.0 Å². The van der Waals surface area contributed by atoms with Crippen LogP contribution in [-0.4, -0.2) is 37.2 Å². The number of ether oxygens (including phenoxy) is 3. The summed E-state index contributed by atoms with van der Waals surface area (Å²) in [5.41, 5.74) is 1.01. The molecule has 0 radical (unpaired) electrons. The molecule has 0 spiro atoms. The van der Waals surface area contributed by atoms with Gasteiger partial charge in [-0.05, 0) is 29.8 Å². The molecule has 0 saturated carbocycles. The molecule has 1 amide bonds. The van der Waals surface area contributed by atoms with Gasteiger partial charge in [-0.3, -0.25) is 4.79 Å². The topological polar surface area (TPSA) is 48.0 Å². The van der Waals surface area contributed by atoms with Gasteiger partial charge in [0.15, 0.2) is 11.5 Å². The number of hydrogen-bond donors (Lipinski definition) is 0. The van der Waals surface area contributed by atoms with Crippen molar-refractivity contribution < 1.29 is 19.0 Å². The summed E-state index contributed by atoms with van der Waals surface area (Å²) in [6, 6.07) is 15.0. The van der Waals surface area contributed by atoms with Gasteiger partial charge in [0, 0.05) is 13.6 Å². The number of carbonyl (C=O) groups is 1. The minimum Gasteiger partial charge on any atom is -0.490 e. The maximum atomic E-state index is 12.6. The normalized spacial score (nSPS) is 15.3. The van der Waals surface area contributed by atoms with Crippen LogP contribution in [0.1, 0.15) is 5.56 Å². The van der Waals surface area contributed by atoms with Crippen LogP contribution in [0.5, 0.6) is 17.2 Å². The molecule has 0 fully saturated rings. The van der Waals surface area contributed by atoms with Crippen molar-refractivity contribution in [2.45, 2.75) is 12.6 Å². The Labute approximate surface area is 147 Å². The Morgan fingerprint density at radius 3 is 2.68 bits per heavy atom. The molecule has 1 heterocycles. The summed E-state index contributed by atoms with van der Waals surface area (Å²) in [4.78, 5) is 14.2. The molecule has 0 unspecified atom stereocenters. The molecule has 2 aromatic carbocycles. The predicted octanol–water partition coefficient (Wildman–Crippen LogP) is 3.05. The van der Waals surface area contributed by atoms with E-state index >= 15 is 0 Å². The largest absolute Gasteiger partial charge is 0.490 e. The quantitative estimate of drug-likeness (QED) is 0.759. The summed E-state index contributed by atoms with van der Waals surface area (Å²) in [6.45, 7) is 4.79. The third-order valence-electron chi connectivity index (χ3n) is 3.87. The Morgan fingerprint density at radius 2 is 1.96 bits per heavy atom. The van der Waals surface area contributed by atoms with Crippen molar-refractivity contribution >= 4 is 5.91 Å². The zero-order valence-corrected chi connectivity index (χ0v) is 14.2. The number of nitrogens with zero attached hydrogens (tertiary/aromatic N) is 1. The van der Waals surface area contributed by atoms with Gasteiger partial charge >= 0.3 is 0 Å². The van der Waals surface area contributed by atoms with Gasteiger partial charge in [0.2, 0.25) is 6.10 Å². The molecule has 1 aliphatic rings. The fourth-order valence-electron chi connectivity index (χ4n) is 2.59. The van der Waals surface area contributed by atoms with Crippen LogP contribution < -0.4 is 14.2 Å². The van der Waals surface area contributed by atoms with E-state index in [4.69, 9.17) is 14.2 Å². The highest BCUT2D eigenvalue weighted by atomic mass is 16.6. The highest BCUT2D eigenvalue weighted by molar-refractivity contribution is 5.81. The maximum Gasteiger partial charge on any atom is 0.267 e. The molecule has 1 atom stereocenters. The Bertz CT molecular complexity index is 742. The fraction of sp³-hybridized carbons (Fsp3) is 0.250. The van der Waals surface area contributed by atoms with Crippen molar-refractivity contribution in [1.82, 2.24) is 4.90 Å². The van der Waals surface area contributed by atoms with E-state index in [1.54, 1.807) is 24.1 Å². The zero-order chi connectivity index (χ0) is 17.6. The van der Waals surface area contributed by atoms with Crippen molar-refractivity contribution in [3.63, 3.8) is 0 Å². The van der Waals surface area contributed by atoms with Gasteiger partial charge in [-0.25, -0.2) is 0 Å². The van der Waals surface area contributed by atoms with Crippen molar-refractivity contribution in [3.8, 4) is 17.2 Å². The van der Waals surface area contributed by atoms with E-state index in [0.717, 1.165) is 11.3 Å². The molecular weight excluding hydrogens is 318 g/mol. The highest BCUT2D eigenvalue weighted by Gasteiger charge is 2.29. The van der Waals surface area contributed by atoms with E-state index in [1.807, 2.05) is 42.5 Å². The maximum absolute atomic E-state index is 12.6. The second-order valence-electron chi connectivity index (χ2n) is 5.80. The first-order valence-corrected chi connectivity index (χ1v) is 8.13. The lowest BCUT2D eigenvalue weighted by Gasteiger charge is -2.28. The number of amides is 1. The van der Waals surface area contributed by atoms with E-state index in [0.29, 0.717) is 24.7 Å². The van der Waals surface area contributed by atoms with Crippen molar-refractivity contribution in [2.24, 2.45) is 0 Å². The summed E-state index contributed by atoms with van der Waals surface area (Å²) in [6.07, 6.45) is 1.07. The van der Waals surface area contributed by atoms with Gasteiger partial charge in [0.25, 0.3) is 5.91 Å². The van der Waals surface area contributed by atoms with Crippen LogP contribution in [0.3, 0.4) is 0 Å². The van der Waals surface area contributed by atoms with E-state index in [2.05, 4.69) is 6.58 Å². The number of rotatable bonds is 6. The molecule has 0 aliphatic carbocycles. The Kier molecular flexibility index (Phi) is 5.23. The summed E-state index contributed by atoms with van der Waals surface area (Å²) < 4.78 is 16.8. The number of likely N-dealkylation sites (N-methyl/N-ethyl adjacent to an activating group) is 1. The van der Waals surface area contributed by atoms with Crippen molar-refractivity contribution in [3.05, 3.63) is 66.7 Å². The Balaban J connectivity index is 1.58. The molecule has 5 nitrogen and oxygen atoms in total. The summed E-state index contributed by atoms with van der Waals surface area (Å²) in [5, 5.41) is 0. The standard InChI is InChI=1S/C20H21NO4/c1-3-12-23-16-10-8-15(9-11-16)13-21(2)20(22)19-14-24-17-6-4-5-7-18(17)25-19/h3-11,19H,1,12-14H2,2H3/t19-/m0/s1. The average molecular weight is 339 g/mol. The number of fused-ring (bicyclic) bond motifs is 1. The Morgan fingerprint density at radius 1 is 1.24 bits per heavy atom. The molecular formula is C20H21NO4. The van der Waals surface area contributed by atoms with Crippen LogP contribution in [0.2, 0.25) is 0 Å². The summed E-state index contributed by atoms with van der Waals surface area (Å²) >= 11 is 0. The lowest BCUT2D eigenvalue weighted by Crippen LogP contribution is -2.44. The third kappa shape index (κ3) is 4.12. The first-order chi connectivity index (χ1) is 12.2. The number of para-hydroxylation sites is 2. The molecule has 0 aromatic heterocycles. The van der Waals surface area contributed by atoms with Gasteiger partial charge in [-0.2, -0.15) is 0 Å². The van der Waals surface area contributed by atoms with Crippen LogP contribution in [0.25, 0.3) is 0 Å². The molecule has 0 bridgehead atoms. The van der Waals surface area contributed by atoms with Gasteiger partial charge in [0.05, 0.1) is 0 Å². The third-order valence-corrected chi connectivity index (χ3v) is 3.87. The van der Waals surface area contributed by atoms with Gasteiger partial charge in [-0.15, -0.1) is 0 Å². The number of hydrogen-bond acceptors (Lipinski definition) is 4. The predicted molar refractivity (Wildman–Crippen MR) is 95.0 cm³/mol. The Hall–Kier alpha value is -2.95. The molecule has 0 saturated heterocycles. The van der Waals surface area contributed by atoms with Gasteiger partial charge < -0.3 is 19.1 Å². The van der Waals surface area contributed by atoms with Crippen LogP contribution in [0.15, 0.2) is 61.2 Å². The summed E-state index contributed by atoms with van der Waals surface area (Å²) in [7, 11) is 1.76. The van der Waals surface area contributed by atoms with Crippen LogP contribution in [-0.2, 0) is 11.3 Å². The molecule has 130 valence electrons. The van der Waals surface area contributed by atoms with E-state index in [9.17, 15) is 4.79 Å². The molecule has 25 heavy (non-hydrogen) atoms. The van der Waals surface area contributed by atoms with Crippen LogP contribution >= 0.6 is 0 Å². The van der Waals surface area contributed by atoms with Crippen molar-refractivity contribution in [2.75, 3.05) is 20.3 Å². The lowest BCUT2D eigenvalue weighted by atomic mass is 10.2. The molecule has 0 N–H and O–H groups in total. The SMILES string of the molecule is C=CCOc1ccc(CN(C)C(=O)[C@@H]2COc3ccccc3O2)cc1. The second kappa shape index (κ2) is 7.75. The van der Waals surface area contributed by atoms with Gasteiger partial charge in [-0.1, -0.05) is 36.9 Å². The molecule has 2 aromatic rings. The monoisotopic (exact) mass is 339 g/mol.